The van der Waals surface area contributed by atoms with Crippen LogP contribution in [-0.4, -0.2) is 31.2 Å². The van der Waals surface area contributed by atoms with Gasteiger partial charge in [0.2, 0.25) is 0 Å². The van der Waals surface area contributed by atoms with Gasteiger partial charge in [0.15, 0.2) is 0 Å². The van der Waals surface area contributed by atoms with Crippen LogP contribution in [0.25, 0.3) is 0 Å². The third-order valence-corrected chi connectivity index (χ3v) is 2.95. The molecule has 0 aliphatic rings. The van der Waals surface area contributed by atoms with E-state index in [1.54, 1.807) is 36.9 Å². The van der Waals surface area contributed by atoms with E-state index in [2.05, 4.69) is 0 Å². The molecule has 0 fully saturated rings. The molecule has 18 heavy (non-hydrogen) atoms. The zero-order chi connectivity index (χ0) is 13.4. The number of carbonyl (C=O) groups is 1. The summed E-state index contributed by atoms with van der Waals surface area (Å²) in [6, 6.07) is 4.96. The summed E-state index contributed by atoms with van der Waals surface area (Å²) in [5, 5.41) is 0. The summed E-state index contributed by atoms with van der Waals surface area (Å²) in [4.78, 5) is 11.7. The highest BCUT2D eigenvalue weighted by Gasteiger charge is 2.13. The van der Waals surface area contributed by atoms with Crippen LogP contribution in [0.4, 0.5) is 5.69 Å². The van der Waals surface area contributed by atoms with Gasteiger partial charge in [-0.2, -0.15) is 11.8 Å². The largest absolute Gasteiger partial charge is 0.493 e. The molecule has 0 aromatic heterocycles. The van der Waals surface area contributed by atoms with E-state index in [1.165, 1.54) is 0 Å². The topological polar surface area (TPSA) is 61.5 Å². The molecule has 0 saturated heterocycles. The molecule has 1 rings (SSSR count). The highest BCUT2D eigenvalue weighted by molar-refractivity contribution is 7.98. The Kier molecular flexibility index (Phi) is 6.43. The average molecular weight is 269 g/mol. The minimum atomic E-state index is -0.377. The Labute approximate surface area is 112 Å². The number of thioether (sulfide) groups is 1. The molecule has 0 unspecified atom stereocenters. The Bertz CT molecular complexity index is 396. The van der Waals surface area contributed by atoms with Crippen LogP contribution in [0.3, 0.4) is 0 Å². The quantitative estimate of drug-likeness (QED) is 0.468. The lowest BCUT2D eigenvalue weighted by atomic mass is 10.2. The van der Waals surface area contributed by atoms with Gasteiger partial charge in [-0.1, -0.05) is 0 Å². The van der Waals surface area contributed by atoms with Crippen molar-refractivity contribution >= 4 is 23.4 Å². The van der Waals surface area contributed by atoms with E-state index in [9.17, 15) is 4.79 Å². The number of esters is 1. The summed E-state index contributed by atoms with van der Waals surface area (Å²) >= 11 is 1.76. The number of nitrogens with two attached hydrogens (primary N) is 1. The predicted molar refractivity (Wildman–Crippen MR) is 75.3 cm³/mol. The third kappa shape index (κ3) is 4.49. The molecule has 0 bridgehead atoms. The lowest BCUT2D eigenvalue weighted by molar-refractivity contribution is 0.0522. The van der Waals surface area contributed by atoms with Gasteiger partial charge in [-0.05, 0) is 37.5 Å². The van der Waals surface area contributed by atoms with Crippen LogP contribution >= 0.6 is 11.8 Å². The minimum Gasteiger partial charge on any atom is -0.493 e. The summed E-state index contributed by atoms with van der Waals surface area (Å²) in [6.07, 6.45) is 2.97. The van der Waals surface area contributed by atoms with E-state index in [4.69, 9.17) is 15.2 Å². The number of hydrogen-bond donors (Lipinski definition) is 1. The number of nitrogen functional groups attached to an aromatic ring is 1. The van der Waals surface area contributed by atoms with Crippen molar-refractivity contribution in [1.29, 1.82) is 0 Å². The van der Waals surface area contributed by atoms with E-state index in [1.807, 2.05) is 6.26 Å². The maximum absolute atomic E-state index is 11.7. The minimum absolute atomic E-state index is 0.342. The van der Waals surface area contributed by atoms with E-state index in [-0.39, 0.29) is 5.97 Å². The molecule has 0 aliphatic heterocycles. The monoisotopic (exact) mass is 269 g/mol. The fourth-order valence-electron chi connectivity index (χ4n) is 1.42. The van der Waals surface area contributed by atoms with Crippen molar-refractivity contribution in [2.75, 3.05) is 31.0 Å². The summed E-state index contributed by atoms with van der Waals surface area (Å²) in [7, 11) is 0. The van der Waals surface area contributed by atoms with E-state index in [0.717, 1.165) is 12.2 Å². The standard InChI is InChI=1S/C13H19NO3S/c1-3-16-13(15)11-6-5-10(14)9-12(11)17-7-4-8-18-2/h5-6,9H,3-4,7-8,14H2,1-2H3. The molecule has 0 atom stereocenters. The van der Waals surface area contributed by atoms with Gasteiger partial charge in [0, 0.05) is 11.8 Å². The van der Waals surface area contributed by atoms with Crippen LogP contribution in [0.1, 0.15) is 23.7 Å². The number of benzene rings is 1. The Morgan fingerprint density at radius 2 is 2.22 bits per heavy atom. The second-order valence-electron chi connectivity index (χ2n) is 3.67. The molecule has 0 heterocycles. The molecule has 5 heteroatoms. The molecule has 0 aliphatic carbocycles. The van der Waals surface area contributed by atoms with Gasteiger partial charge in [0.1, 0.15) is 11.3 Å². The Balaban J connectivity index is 2.73. The molecule has 0 amide bonds. The van der Waals surface area contributed by atoms with Gasteiger partial charge in [0.25, 0.3) is 0 Å². The Hall–Kier alpha value is -1.36. The van der Waals surface area contributed by atoms with Gasteiger partial charge < -0.3 is 15.2 Å². The lowest BCUT2D eigenvalue weighted by Gasteiger charge is -2.11. The molecule has 1 aromatic carbocycles. The third-order valence-electron chi connectivity index (χ3n) is 2.25. The van der Waals surface area contributed by atoms with Crippen molar-refractivity contribution in [3.63, 3.8) is 0 Å². The first-order valence-corrected chi connectivity index (χ1v) is 7.26. The van der Waals surface area contributed by atoms with Crippen LogP contribution in [-0.2, 0) is 4.74 Å². The van der Waals surface area contributed by atoms with Crippen LogP contribution < -0.4 is 10.5 Å². The average Bonchev–Trinajstić information content (AvgIpc) is 2.35. The fourth-order valence-corrected chi connectivity index (χ4v) is 1.83. The number of rotatable bonds is 7. The van der Waals surface area contributed by atoms with Crippen molar-refractivity contribution in [1.82, 2.24) is 0 Å². The van der Waals surface area contributed by atoms with E-state index < -0.39 is 0 Å². The molecule has 2 N–H and O–H groups in total. The Morgan fingerprint density at radius 3 is 2.89 bits per heavy atom. The van der Waals surface area contributed by atoms with Crippen molar-refractivity contribution in [3.05, 3.63) is 23.8 Å². The highest BCUT2D eigenvalue weighted by Crippen LogP contribution is 2.23. The molecule has 4 nitrogen and oxygen atoms in total. The van der Waals surface area contributed by atoms with Gasteiger partial charge in [0.05, 0.1) is 13.2 Å². The first kappa shape index (κ1) is 14.7. The summed E-state index contributed by atoms with van der Waals surface area (Å²) in [5.41, 5.74) is 6.69. The van der Waals surface area contributed by atoms with Gasteiger partial charge in [-0.3, -0.25) is 0 Å². The highest BCUT2D eigenvalue weighted by atomic mass is 32.2. The van der Waals surface area contributed by atoms with Crippen LogP contribution in [0, 0.1) is 0 Å². The summed E-state index contributed by atoms with van der Waals surface area (Å²) in [5.74, 6) is 1.14. The van der Waals surface area contributed by atoms with Crippen LogP contribution in [0.15, 0.2) is 18.2 Å². The molecular weight excluding hydrogens is 250 g/mol. The van der Waals surface area contributed by atoms with Gasteiger partial charge in [-0.15, -0.1) is 0 Å². The second kappa shape index (κ2) is 7.87. The number of hydrogen-bond acceptors (Lipinski definition) is 5. The molecule has 0 spiro atoms. The smallest absolute Gasteiger partial charge is 0.341 e. The van der Waals surface area contributed by atoms with Crippen LogP contribution in [0.5, 0.6) is 5.75 Å². The first-order valence-electron chi connectivity index (χ1n) is 5.87. The number of anilines is 1. The Morgan fingerprint density at radius 1 is 1.44 bits per heavy atom. The summed E-state index contributed by atoms with van der Waals surface area (Å²) < 4.78 is 10.6. The van der Waals surface area contributed by atoms with Crippen molar-refractivity contribution in [2.24, 2.45) is 0 Å². The SMILES string of the molecule is CCOC(=O)c1ccc(N)cc1OCCCSC. The van der Waals surface area contributed by atoms with Gasteiger partial charge >= 0.3 is 5.97 Å². The molecular formula is C13H19NO3S. The fraction of sp³-hybridized carbons (Fsp3) is 0.462. The zero-order valence-electron chi connectivity index (χ0n) is 10.8. The first-order chi connectivity index (χ1) is 8.69. The van der Waals surface area contributed by atoms with Gasteiger partial charge in [-0.25, -0.2) is 4.79 Å². The molecule has 1 aromatic rings. The van der Waals surface area contributed by atoms with E-state index in [0.29, 0.717) is 30.2 Å². The normalized spacial score (nSPS) is 10.1. The van der Waals surface area contributed by atoms with Crippen molar-refractivity contribution < 1.29 is 14.3 Å². The summed E-state index contributed by atoms with van der Waals surface area (Å²) in [6.45, 7) is 2.68. The second-order valence-corrected chi connectivity index (χ2v) is 4.66. The van der Waals surface area contributed by atoms with E-state index >= 15 is 0 Å². The maximum Gasteiger partial charge on any atom is 0.341 e. The van der Waals surface area contributed by atoms with Crippen molar-refractivity contribution in [2.45, 2.75) is 13.3 Å². The maximum atomic E-state index is 11.7. The predicted octanol–water partition coefficient (Wildman–Crippen LogP) is 2.58. The zero-order valence-corrected chi connectivity index (χ0v) is 11.6. The molecule has 100 valence electrons. The lowest BCUT2D eigenvalue weighted by Crippen LogP contribution is -2.09. The number of carbonyl (C=O) groups excluding carboxylic acids is 1. The number of ether oxygens (including phenoxy) is 2. The molecule has 0 radical (unpaired) electrons. The van der Waals surface area contributed by atoms with Crippen LogP contribution in [0.2, 0.25) is 0 Å². The van der Waals surface area contributed by atoms with Crippen molar-refractivity contribution in [3.8, 4) is 5.75 Å². The molecule has 0 saturated carbocycles.